The molecule has 0 saturated carbocycles. The molecule has 13 heavy (non-hydrogen) atoms. The van der Waals surface area contributed by atoms with Crippen LogP contribution in [0.2, 0.25) is 5.02 Å². The summed E-state index contributed by atoms with van der Waals surface area (Å²) in [4.78, 5) is 0. The Kier molecular flexibility index (Phi) is 2.87. The van der Waals surface area contributed by atoms with Crippen LogP contribution < -0.4 is 0 Å². The van der Waals surface area contributed by atoms with Crippen LogP contribution in [0.3, 0.4) is 0 Å². The van der Waals surface area contributed by atoms with Crippen molar-refractivity contribution in [3.8, 4) is 0 Å². The van der Waals surface area contributed by atoms with Gasteiger partial charge in [0.2, 0.25) is 0 Å². The van der Waals surface area contributed by atoms with Gasteiger partial charge in [0.25, 0.3) is 0 Å². The van der Waals surface area contributed by atoms with Gasteiger partial charge in [-0.3, -0.25) is 0 Å². The van der Waals surface area contributed by atoms with Gasteiger partial charge < -0.3 is 0 Å². The second kappa shape index (κ2) is 3.59. The molecule has 0 aliphatic carbocycles. The molecule has 0 aromatic heterocycles. The maximum absolute atomic E-state index is 12.8. The largest absolute Gasteiger partial charge is 0.306 e. The SMILES string of the molecule is O=S(=O)(F)Cc1cc(Cl)ccc1F. The average molecular weight is 227 g/mol. The minimum Gasteiger partial charge on any atom is -0.207 e. The molecule has 6 heteroatoms. The van der Waals surface area contributed by atoms with Crippen molar-refractivity contribution in [2.75, 3.05) is 0 Å². The maximum atomic E-state index is 12.8. The summed E-state index contributed by atoms with van der Waals surface area (Å²) in [5, 5.41) is 0.167. The Morgan fingerprint density at radius 3 is 2.54 bits per heavy atom. The zero-order chi connectivity index (χ0) is 10.1. The Hall–Kier alpha value is -0.680. The van der Waals surface area contributed by atoms with E-state index in [1.807, 2.05) is 0 Å². The fourth-order valence-electron chi connectivity index (χ4n) is 0.840. The lowest BCUT2D eigenvalue weighted by Crippen LogP contribution is -1.98. The summed E-state index contributed by atoms with van der Waals surface area (Å²) in [5.41, 5.74) is -0.269. The van der Waals surface area contributed by atoms with Crippen LogP contribution in [0.15, 0.2) is 18.2 Å². The summed E-state index contributed by atoms with van der Waals surface area (Å²) >= 11 is 5.46. The fraction of sp³-hybridized carbons (Fsp3) is 0.143. The van der Waals surface area contributed by atoms with E-state index >= 15 is 0 Å². The molecule has 0 radical (unpaired) electrons. The van der Waals surface area contributed by atoms with Gasteiger partial charge >= 0.3 is 10.2 Å². The Bertz CT molecular complexity index is 417. The van der Waals surface area contributed by atoms with Crippen LogP contribution >= 0.6 is 11.6 Å². The van der Waals surface area contributed by atoms with Gasteiger partial charge in [0.15, 0.2) is 0 Å². The second-order valence-electron chi connectivity index (χ2n) is 2.42. The minimum absolute atomic E-state index is 0.167. The first-order valence-electron chi connectivity index (χ1n) is 3.25. The molecule has 0 atom stereocenters. The molecule has 0 heterocycles. The predicted molar refractivity (Wildman–Crippen MR) is 45.1 cm³/mol. The summed E-state index contributed by atoms with van der Waals surface area (Å²) in [6.07, 6.45) is 0. The van der Waals surface area contributed by atoms with Crippen LogP contribution in [0.25, 0.3) is 0 Å². The summed E-state index contributed by atoms with van der Waals surface area (Å²) in [7, 11) is -4.72. The molecule has 1 rings (SSSR count). The number of benzene rings is 1. The van der Waals surface area contributed by atoms with E-state index in [1.54, 1.807) is 0 Å². The highest BCUT2D eigenvalue weighted by atomic mass is 35.5. The van der Waals surface area contributed by atoms with Crippen LogP contribution in [0.4, 0.5) is 8.28 Å². The number of rotatable bonds is 2. The summed E-state index contributed by atoms with van der Waals surface area (Å²) in [6.45, 7) is 0. The molecule has 0 unspecified atom stereocenters. The molecule has 72 valence electrons. The first kappa shape index (κ1) is 10.4. The van der Waals surface area contributed by atoms with Crippen molar-refractivity contribution in [2.45, 2.75) is 5.75 Å². The van der Waals surface area contributed by atoms with Gasteiger partial charge in [0, 0.05) is 10.6 Å². The normalized spacial score (nSPS) is 11.6. The number of hydrogen-bond acceptors (Lipinski definition) is 2. The lowest BCUT2D eigenvalue weighted by Gasteiger charge is -1.99. The van der Waals surface area contributed by atoms with E-state index in [0.29, 0.717) is 0 Å². The minimum atomic E-state index is -4.72. The summed E-state index contributed by atoms with van der Waals surface area (Å²) in [5.74, 6) is -1.77. The van der Waals surface area contributed by atoms with Crippen molar-refractivity contribution in [1.82, 2.24) is 0 Å². The fourth-order valence-corrected chi connectivity index (χ4v) is 1.63. The molecular weight excluding hydrogens is 222 g/mol. The molecule has 0 amide bonds. The standard InChI is InChI=1S/C7H5ClF2O2S/c8-6-1-2-7(9)5(3-6)4-13(10,11)12/h1-3H,4H2. The zero-order valence-corrected chi connectivity index (χ0v) is 7.87. The quantitative estimate of drug-likeness (QED) is 0.725. The van der Waals surface area contributed by atoms with E-state index in [0.717, 1.165) is 12.1 Å². The monoisotopic (exact) mass is 226 g/mol. The lowest BCUT2D eigenvalue weighted by atomic mass is 10.2. The van der Waals surface area contributed by atoms with Crippen LogP contribution in [-0.2, 0) is 16.0 Å². The first-order chi connectivity index (χ1) is 5.88. The van der Waals surface area contributed by atoms with Gasteiger partial charge in [-0.25, -0.2) is 4.39 Å². The topological polar surface area (TPSA) is 34.1 Å². The summed E-state index contributed by atoms with van der Waals surface area (Å²) in [6, 6.07) is 3.32. The maximum Gasteiger partial charge on any atom is 0.306 e. The third-order valence-electron chi connectivity index (χ3n) is 1.34. The van der Waals surface area contributed by atoms with Gasteiger partial charge in [-0.05, 0) is 18.2 Å². The van der Waals surface area contributed by atoms with Gasteiger partial charge in [0.05, 0.1) is 0 Å². The van der Waals surface area contributed by atoms with Crippen molar-refractivity contribution in [1.29, 1.82) is 0 Å². The average Bonchev–Trinajstić information content (AvgIpc) is 1.94. The molecule has 2 nitrogen and oxygen atoms in total. The Balaban J connectivity index is 3.08. The van der Waals surface area contributed by atoms with Gasteiger partial charge in [-0.15, -0.1) is 3.89 Å². The molecule has 0 spiro atoms. The van der Waals surface area contributed by atoms with Crippen molar-refractivity contribution < 1.29 is 16.7 Å². The van der Waals surface area contributed by atoms with Crippen molar-refractivity contribution >= 4 is 21.8 Å². The highest BCUT2D eigenvalue weighted by molar-refractivity contribution is 7.85. The van der Waals surface area contributed by atoms with Gasteiger partial charge in [-0.1, -0.05) is 11.6 Å². The number of halogens is 3. The smallest absolute Gasteiger partial charge is 0.207 e. The molecule has 0 aliphatic heterocycles. The molecule has 0 bridgehead atoms. The van der Waals surface area contributed by atoms with E-state index in [4.69, 9.17) is 11.6 Å². The van der Waals surface area contributed by atoms with Crippen molar-refractivity contribution in [2.24, 2.45) is 0 Å². The van der Waals surface area contributed by atoms with Crippen molar-refractivity contribution in [3.63, 3.8) is 0 Å². The summed E-state index contributed by atoms with van der Waals surface area (Å²) < 4.78 is 45.3. The first-order valence-corrected chi connectivity index (χ1v) is 5.18. The third kappa shape index (κ3) is 3.28. The third-order valence-corrected chi connectivity index (χ3v) is 2.23. The van der Waals surface area contributed by atoms with Crippen LogP contribution in [0, 0.1) is 5.82 Å². The molecule has 0 saturated heterocycles. The van der Waals surface area contributed by atoms with Crippen molar-refractivity contribution in [3.05, 3.63) is 34.6 Å². The van der Waals surface area contributed by atoms with Gasteiger partial charge in [-0.2, -0.15) is 8.42 Å². The van der Waals surface area contributed by atoms with E-state index < -0.39 is 21.8 Å². The Labute approximate surface area is 79.4 Å². The van der Waals surface area contributed by atoms with Gasteiger partial charge in [0.1, 0.15) is 11.6 Å². The van der Waals surface area contributed by atoms with Crippen LogP contribution in [-0.4, -0.2) is 8.42 Å². The molecular formula is C7H5ClF2O2S. The highest BCUT2D eigenvalue weighted by Crippen LogP contribution is 2.17. The highest BCUT2D eigenvalue weighted by Gasteiger charge is 2.12. The Morgan fingerprint density at radius 2 is 2.00 bits per heavy atom. The molecule has 1 aromatic carbocycles. The molecule has 0 fully saturated rings. The van der Waals surface area contributed by atoms with E-state index in [1.165, 1.54) is 6.07 Å². The van der Waals surface area contributed by atoms with Crippen LogP contribution in [0.1, 0.15) is 5.56 Å². The second-order valence-corrected chi connectivity index (χ2v) is 4.22. The predicted octanol–water partition coefficient (Wildman–Crippen LogP) is 2.28. The van der Waals surface area contributed by atoms with E-state index in [-0.39, 0.29) is 10.6 Å². The molecule has 1 aromatic rings. The van der Waals surface area contributed by atoms with Crippen LogP contribution in [0.5, 0.6) is 0 Å². The van der Waals surface area contributed by atoms with E-state index in [2.05, 4.69) is 0 Å². The lowest BCUT2D eigenvalue weighted by molar-refractivity contribution is 0.547. The molecule has 0 N–H and O–H groups in total. The number of hydrogen-bond donors (Lipinski definition) is 0. The van der Waals surface area contributed by atoms with E-state index in [9.17, 15) is 16.7 Å². The Morgan fingerprint density at radius 1 is 1.38 bits per heavy atom. The molecule has 0 aliphatic rings. The zero-order valence-electron chi connectivity index (χ0n) is 6.30.